The summed E-state index contributed by atoms with van der Waals surface area (Å²) in [6.45, 7) is 7.60. The molecule has 120 valence electrons. The second kappa shape index (κ2) is 9.31. The Hall–Kier alpha value is -0.660. The molecule has 0 saturated carbocycles. The van der Waals surface area contributed by atoms with Crippen molar-refractivity contribution in [2.45, 2.75) is 33.6 Å². The second-order valence-electron chi connectivity index (χ2n) is 5.46. The van der Waals surface area contributed by atoms with E-state index in [0.29, 0.717) is 38.5 Å². The number of nitrogens with two attached hydrogens (primary N) is 1. The molecule has 0 spiro atoms. The summed E-state index contributed by atoms with van der Waals surface area (Å²) < 4.78 is 24.2. The van der Waals surface area contributed by atoms with Gasteiger partial charge in [-0.2, -0.15) is 0 Å². The van der Waals surface area contributed by atoms with Crippen LogP contribution in [0.25, 0.3) is 0 Å². The van der Waals surface area contributed by atoms with Gasteiger partial charge in [-0.3, -0.25) is 4.79 Å². The number of nitrogens with one attached hydrogen (secondary N) is 1. The van der Waals surface area contributed by atoms with Crippen molar-refractivity contribution in [1.82, 2.24) is 9.62 Å². The first-order valence-electron chi connectivity index (χ1n) is 7.15. The van der Waals surface area contributed by atoms with Crippen LogP contribution in [0.3, 0.4) is 0 Å². The Morgan fingerprint density at radius 2 is 1.95 bits per heavy atom. The van der Waals surface area contributed by atoms with Gasteiger partial charge in [-0.05, 0) is 18.8 Å². The van der Waals surface area contributed by atoms with Gasteiger partial charge in [0.15, 0.2) is 0 Å². The number of amides is 1. The molecule has 3 N–H and O–H groups in total. The minimum atomic E-state index is -3.15. The number of hydrogen-bond acceptors (Lipinski definition) is 4. The van der Waals surface area contributed by atoms with Crippen molar-refractivity contribution in [3.05, 3.63) is 0 Å². The lowest BCUT2D eigenvalue weighted by molar-refractivity contribution is -0.125. The Morgan fingerprint density at radius 3 is 2.35 bits per heavy atom. The molecule has 0 aliphatic rings. The van der Waals surface area contributed by atoms with Crippen LogP contribution in [0.4, 0.5) is 0 Å². The van der Waals surface area contributed by atoms with Gasteiger partial charge in [-0.15, -0.1) is 0 Å². The molecule has 0 heterocycles. The van der Waals surface area contributed by atoms with Crippen LogP contribution >= 0.6 is 0 Å². The Bertz CT molecular complexity index is 382. The lowest BCUT2D eigenvalue weighted by Crippen LogP contribution is -2.38. The quantitative estimate of drug-likeness (QED) is 0.571. The largest absolute Gasteiger partial charge is 0.356 e. The molecule has 0 rings (SSSR count). The van der Waals surface area contributed by atoms with Crippen LogP contribution in [0.15, 0.2) is 0 Å². The van der Waals surface area contributed by atoms with Crippen molar-refractivity contribution in [2.24, 2.45) is 17.6 Å². The first-order chi connectivity index (χ1) is 9.22. The fraction of sp³-hybridized carbons (Fsp3) is 0.923. The molecule has 0 fully saturated rings. The number of carbonyl (C=O) groups excluding carboxylic acids is 1. The van der Waals surface area contributed by atoms with Gasteiger partial charge in [-0.25, -0.2) is 12.7 Å². The van der Waals surface area contributed by atoms with Crippen molar-refractivity contribution in [3.63, 3.8) is 0 Å². The van der Waals surface area contributed by atoms with Crippen LogP contribution < -0.4 is 11.1 Å². The normalized spacial score (nSPS) is 13.8. The molecule has 0 bridgehead atoms. The number of sulfonamides is 1. The third-order valence-electron chi connectivity index (χ3n) is 3.12. The standard InChI is InChI=1S/C13H29N3O3S/c1-5-16(20(4,18)19)8-6-7-15-13(17)12(10-14)9-11(2)3/h11-12H,5-10,14H2,1-4H3,(H,15,17). The Morgan fingerprint density at radius 1 is 1.35 bits per heavy atom. The average molecular weight is 307 g/mol. The van der Waals surface area contributed by atoms with E-state index in [0.717, 1.165) is 6.42 Å². The Labute approximate surface area is 123 Å². The first kappa shape index (κ1) is 19.3. The molecule has 0 aliphatic carbocycles. The summed E-state index contributed by atoms with van der Waals surface area (Å²) in [5.41, 5.74) is 5.60. The van der Waals surface area contributed by atoms with E-state index in [2.05, 4.69) is 19.2 Å². The van der Waals surface area contributed by atoms with Crippen LogP contribution in [0, 0.1) is 11.8 Å². The van der Waals surface area contributed by atoms with Crippen LogP contribution in [-0.2, 0) is 14.8 Å². The number of carbonyl (C=O) groups is 1. The fourth-order valence-electron chi connectivity index (χ4n) is 2.05. The Balaban J connectivity index is 4.08. The third-order valence-corrected chi connectivity index (χ3v) is 4.50. The van der Waals surface area contributed by atoms with E-state index in [1.54, 1.807) is 6.92 Å². The molecule has 6 nitrogen and oxygen atoms in total. The summed E-state index contributed by atoms with van der Waals surface area (Å²) in [6.07, 6.45) is 2.57. The van der Waals surface area contributed by atoms with Gasteiger partial charge in [-0.1, -0.05) is 20.8 Å². The summed E-state index contributed by atoms with van der Waals surface area (Å²) in [5, 5.41) is 2.83. The third kappa shape index (κ3) is 7.81. The molecule has 0 aliphatic heterocycles. The maximum atomic E-state index is 11.9. The van der Waals surface area contributed by atoms with Crippen molar-refractivity contribution in [3.8, 4) is 0 Å². The van der Waals surface area contributed by atoms with Gasteiger partial charge in [0.25, 0.3) is 0 Å². The lowest BCUT2D eigenvalue weighted by Gasteiger charge is -2.19. The molecule has 1 atom stereocenters. The van der Waals surface area contributed by atoms with Gasteiger partial charge in [0.05, 0.1) is 12.2 Å². The van der Waals surface area contributed by atoms with E-state index in [9.17, 15) is 13.2 Å². The highest BCUT2D eigenvalue weighted by Crippen LogP contribution is 2.10. The van der Waals surface area contributed by atoms with E-state index in [1.165, 1.54) is 10.6 Å². The molecule has 0 radical (unpaired) electrons. The van der Waals surface area contributed by atoms with E-state index in [1.807, 2.05) is 0 Å². The van der Waals surface area contributed by atoms with Crippen LogP contribution in [0.5, 0.6) is 0 Å². The fourth-order valence-corrected chi connectivity index (χ4v) is 2.98. The molecule has 7 heteroatoms. The van der Waals surface area contributed by atoms with Crippen molar-refractivity contribution < 1.29 is 13.2 Å². The smallest absolute Gasteiger partial charge is 0.224 e. The Kier molecular flexibility index (Phi) is 9.00. The maximum Gasteiger partial charge on any atom is 0.224 e. The first-order valence-corrected chi connectivity index (χ1v) is 9.00. The molecule has 1 unspecified atom stereocenters. The molecular weight excluding hydrogens is 278 g/mol. The molecule has 0 saturated heterocycles. The maximum absolute atomic E-state index is 11.9. The zero-order valence-corrected chi connectivity index (χ0v) is 13.9. The molecular formula is C13H29N3O3S. The number of hydrogen-bond donors (Lipinski definition) is 2. The topological polar surface area (TPSA) is 92.5 Å². The van der Waals surface area contributed by atoms with Crippen molar-refractivity contribution >= 4 is 15.9 Å². The molecule has 1 amide bonds. The van der Waals surface area contributed by atoms with Gasteiger partial charge < -0.3 is 11.1 Å². The van der Waals surface area contributed by atoms with E-state index < -0.39 is 10.0 Å². The predicted molar refractivity (Wildman–Crippen MR) is 81.7 cm³/mol. The van der Waals surface area contributed by atoms with Crippen LogP contribution in [-0.4, -0.2) is 51.1 Å². The minimum absolute atomic E-state index is 0.0383. The van der Waals surface area contributed by atoms with Gasteiger partial charge in [0.2, 0.25) is 15.9 Å². The van der Waals surface area contributed by atoms with Gasteiger partial charge >= 0.3 is 0 Å². The zero-order valence-electron chi connectivity index (χ0n) is 13.1. The summed E-state index contributed by atoms with van der Waals surface area (Å²) in [7, 11) is -3.15. The lowest BCUT2D eigenvalue weighted by atomic mass is 9.96. The highest BCUT2D eigenvalue weighted by Gasteiger charge is 2.18. The summed E-state index contributed by atoms with van der Waals surface area (Å²) in [6, 6.07) is 0. The number of rotatable bonds is 10. The highest BCUT2D eigenvalue weighted by molar-refractivity contribution is 7.88. The van der Waals surface area contributed by atoms with Crippen LogP contribution in [0.1, 0.15) is 33.6 Å². The molecule has 20 heavy (non-hydrogen) atoms. The van der Waals surface area contributed by atoms with Gasteiger partial charge in [0.1, 0.15) is 0 Å². The van der Waals surface area contributed by atoms with E-state index >= 15 is 0 Å². The van der Waals surface area contributed by atoms with Crippen LogP contribution in [0.2, 0.25) is 0 Å². The SMILES string of the molecule is CCN(CCCNC(=O)C(CN)CC(C)C)S(C)(=O)=O. The van der Waals surface area contributed by atoms with E-state index in [-0.39, 0.29) is 11.8 Å². The average Bonchev–Trinajstić information content (AvgIpc) is 2.33. The second-order valence-corrected chi connectivity index (χ2v) is 7.44. The van der Waals surface area contributed by atoms with Gasteiger partial charge in [0, 0.05) is 26.2 Å². The predicted octanol–water partition coefficient (Wildman–Crippen LogP) is 0.395. The minimum Gasteiger partial charge on any atom is -0.356 e. The summed E-state index contributed by atoms with van der Waals surface area (Å²) in [5.74, 6) is 0.228. The number of nitrogens with zero attached hydrogens (tertiary/aromatic N) is 1. The molecule has 0 aromatic rings. The molecule has 0 aromatic heterocycles. The van der Waals surface area contributed by atoms with Crippen molar-refractivity contribution in [1.29, 1.82) is 0 Å². The zero-order chi connectivity index (χ0) is 15.8. The van der Waals surface area contributed by atoms with Crippen molar-refractivity contribution in [2.75, 3.05) is 32.4 Å². The monoisotopic (exact) mass is 307 g/mol. The van der Waals surface area contributed by atoms with E-state index in [4.69, 9.17) is 5.73 Å². The highest BCUT2D eigenvalue weighted by atomic mass is 32.2. The molecule has 0 aromatic carbocycles. The summed E-state index contributed by atoms with van der Waals surface area (Å²) in [4.78, 5) is 11.9. The summed E-state index contributed by atoms with van der Waals surface area (Å²) >= 11 is 0.